The van der Waals surface area contributed by atoms with Crippen molar-refractivity contribution >= 4 is 11.7 Å². The quantitative estimate of drug-likeness (QED) is 0.408. The number of aromatic nitrogens is 2. The Balaban J connectivity index is 2.19. The number of carbonyl (C=O) groups is 1. The number of nitrogen functional groups attached to an aromatic ring is 1. The van der Waals surface area contributed by atoms with Crippen molar-refractivity contribution in [1.82, 2.24) is 15.3 Å². The zero-order chi connectivity index (χ0) is 23.7. The molecule has 2 rings (SSSR count). The highest BCUT2D eigenvalue weighted by atomic mass is 19.4. The van der Waals surface area contributed by atoms with Gasteiger partial charge < -0.3 is 20.9 Å². The average Bonchev–Trinajstić information content (AvgIpc) is 2.72. The molecule has 1 heterocycles. The smallest absolute Gasteiger partial charge is 0.434 e. The van der Waals surface area contributed by atoms with E-state index in [1.165, 1.54) is 12.4 Å². The van der Waals surface area contributed by atoms with E-state index in [0.29, 0.717) is 0 Å². The molecule has 8 nitrogen and oxygen atoms in total. The fourth-order valence-electron chi connectivity index (χ4n) is 2.30. The molecule has 1 unspecified atom stereocenters. The van der Waals surface area contributed by atoms with Gasteiger partial charge in [-0.3, -0.25) is 9.53 Å². The Kier molecular flexibility index (Phi) is 8.68. The SMILES string of the molecule is Nc1cnc(C#Cc2cc(C(=O)NC(CO)CCOC(F)(F)F)ccc2OC(F)F)cn1. The fraction of sp³-hybridized carbons (Fsp3) is 0.316. The number of amides is 1. The zero-order valence-electron chi connectivity index (χ0n) is 16.2. The highest BCUT2D eigenvalue weighted by molar-refractivity contribution is 5.95. The largest absolute Gasteiger partial charge is 0.522 e. The first kappa shape index (κ1) is 24.8. The van der Waals surface area contributed by atoms with Crippen molar-refractivity contribution in [2.75, 3.05) is 18.9 Å². The number of ether oxygens (including phenoxy) is 2. The molecule has 1 aromatic carbocycles. The van der Waals surface area contributed by atoms with E-state index < -0.39 is 38.1 Å². The lowest BCUT2D eigenvalue weighted by Crippen LogP contribution is -2.38. The van der Waals surface area contributed by atoms with Crippen LogP contribution in [0.1, 0.15) is 28.0 Å². The van der Waals surface area contributed by atoms with Crippen LogP contribution in [0.15, 0.2) is 30.6 Å². The maximum absolute atomic E-state index is 12.7. The standard InChI is InChI=1S/C19H17F5N4O4/c20-18(21)32-15-4-2-12(7-11(15)1-3-13-8-27-16(25)9-26-13)17(30)28-14(10-29)5-6-31-19(22,23)24/h2,4,7-9,14,18,29H,5-6,10H2,(H2,25,27)(H,28,30). The number of nitrogens with two attached hydrogens (primary N) is 1. The summed E-state index contributed by atoms with van der Waals surface area (Å²) >= 11 is 0. The van der Waals surface area contributed by atoms with E-state index in [1.54, 1.807) is 0 Å². The van der Waals surface area contributed by atoms with Gasteiger partial charge in [-0.05, 0) is 30.5 Å². The summed E-state index contributed by atoms with van der Waals surface area (Å²) in [6, 6.07) is 2.34. The molecule has 0 saturated carbocycles. The Labute approximate surface area is 178 Å². The second-order valence-corrected chi connectivity index (χ2v) is 6.10. The summed E-state index contributed by atoms with van der Waals surface area (Å²) in [5.74, 6) is 4.16. The minimum absolute atomic E-state index is 0.0607. The molecular weight excluding hydrogens is 443 g/mol. The van der Waals surface area contributed by atoms with Gasteiger partial charge in [0.2, 0.25) is 0 Å². The molecule has 0 aliphatic carbocycles. The summed E-state index contributed by atoms with van der Waals surface area (Å²) in [6.45, 7) is -4.59. The van der Waals surface area contributed by atoms with Crippen molar-refractivity contribution in [3.05, 3.63) is 47.4 Å². The molecule has 1 aromatic heterocycles. The van der Waals surface area contributed by atoms with Crippen LogP contribution in [0.3, 0.4) is 0 Å². The molecule has 0 radical (unpaired) electrons. The minimum atomic E-state index is -4.84. The van der Waals surface area contributed by atoms with Gasteiger partial charge in [-0.2, -0.15) is 8.78 Å². The number of carbonyl (C=O) groups excluding carboxylic acids is 1. The summed E-state index contributed by atoms with van der Waals surface area (Å²) in [4.78, 5) is 20.1. The normalized spacial score (nSPS) is 12.1. The first-order valence-corrected chi connectivity index (χ1v) is 8.88. The molecule has 32 heavy (non-hydrogen) atoms. The highest BCUT2D eigenvalue weighted by Gasteiger charge is 2.29. The Morgan fingerprint density at radius 3 is 2.56 bits per heavy atom. The third kappa shape index (κ3) is 8.32. The Morgan fingerprint density at radius 2 is 1.97 bits per heavy atom. The van der Waals surface area contributed by atoms with Crippen LogP contribution in [-0.4, -0.2) is 53.2 Å². The summed E-state index contributed by atoms with van der Waals surface area (Å²) in [5.41, 5.74) is 5.44. The number of aliphatic hydroxyl groups excluding tert-OH is 1. The first-order chi connectivity index (χ1) is 15.1. The van der Waals surface area contributed by atoms with Crippen molar-refractivity contribution in [1.29, 1.82) is 0 Å². The van der Waals surface area contributed by atoms with Crippen LogP contribution in [0.5, 0.6) is 5.75 Å². The molecule has 13 heteroatoms. The highest BCUT2D eigenvalue weighted by Crippen LogP contribution is 2.22. The number of benzene rings is 1. The predicted molar refractivity (Wildman–Crippen MR) is 100 cm³/mol. The van der Waals surface area contributed by atoms with Crippen LogP contribution >= 0.6 is 0 Å². The Bertz CT molecular complexity index is 974. The van der Waals surface area contributed by atoms with E-state index in [-0.39, 0.29) is 34.8 Å². The predicted octanol–water partition coefficient (Wildman–Crippen LogP) is 2.08. The molecule has 0 aliphatic rings. The summed E-state index contributed by atoms with van der Waals surface area (Å²) < 4.78 is 69.5. The van der Waals surface area contributed by atoms with Crippen LogP contribution in [0, 0.1) is 11.8 Å². The van der Waals surface area contributed by atoms with Gasteiger partial charge >= 0.3 is 13.0 Å². The molecule has 172 valence electrons. The number of nitrogens with zero attached hydrogens (tertiary/aromatic N) is 2. The van der Waals surface area contributed by atoms with Crippen LogP contribution in [-0.2, 0) is 4.74 Å². The number of aliphatic hydroxyl groups is 1. The van der Waals surface area contributed by atoms with Crippen LogP contribution < -0.4 is 15.8 Å². The van der Waals surface area contributed by atoms with Gasteiger partial charge in [0, 0.05) is 5.56 Å². The minimum Gasteiger partial charge on any atom is -0.434 e. The second-order valence-electron chi connectivity index (χ2n) is 6.10. The number of anilines is 1. The number of rotatable bonds is 8. The molecule has 0 saturated heterocycles. The van der Waals surface area contributed by atoms with Crippen molar-refractivity contribution in [3.8, 4) is 17.6 Å². The summed E-state index contributed by atoms with van der Waals surface area (Å²) in [6.07, 6.45) is -2.67. The van der Waals surface area contributed by atoms with Crippen molar-refractivity contribution in [2.24, 2.45) is 0 Å². The lowest BCUT2D eigenvalue weighted by atomic mass is 10.1. The van der Waals surface area contributed by atoms with E-state index in [4.69, 9.17) is 5.73 Å². The molecule has 4 N–H and O–H groups in total. The van der Waals surface area contributed by atoms with E-state index in [2.05, 4.69) is 36.6 Å². The van der Waals surface area contributed by atoms with E-state index in [9.17, 15) is 31.9 Å². The van der Waals surface area contributed by atoms with Gasteiger partial charge in [-0.25, -0.2) is 9.97 Å². The van der Waals surface area contributed by atoms with Gasteiger partial charge in [0.25, 0.3) is 5.91 Å². The second kappa shape index (κ2) is 11.2. The van der Waals surface area contributed by atoms with Crippen molar-refractivity contribution in [2.45, 2.75) is 25.4 Å². The molecule has 1 amide bonds. The van der Waals surface area contributed by atoms with Crippen LogP contribution in [0.25, 0.3) is 0 Å². The molecule has 1 atom stereocenters. The fourth-order valence-corrected chi connectivity index (χ4v) is 2.30. The van der Waals surface area contributed by atoms with Gasteiger partial charge in [-0.15, -0.1) is 13.2 Å². The average molecular weight is 460 g/mol. The number of halogens is 5. The monoisotopic (exact) mass is 460 g/mol. The van der Waals surface area contributed by atoms with E-state index >= 15 is 0 Å². The molecule has 2 aromatic rings. The number of hydrogen-bond acceptors (Lipinski definition) is 7. The Morgan fingerprint density at radius 1 is 1.22 bits per heavy atom. The number of nitrogens with one attached hydrogen (secondary N) is 1. The lowest BCUT2D eigenvalue weighted by Gasteiger charge is -2.17. The maximum atomic E-state index is 12.7. The molecule has 0 aliphatic heterocycles. The first-order valence-electron chi connectivity index (χ1n) is 8.88. The molecular formula is C19H17F5N4O4. The Hall–Kier alpha value is -3.50. The summed E-state index contributed by atoms with van der Waals surface area (Å²) in [7, 11) is 0. The van der Waals surface area contributed by atoms with Gasteiger partial charge in [0.1, 0.15) is 17.3 Å². The number of hydrogen-bond donors (Lipinski definition) is 3. The molecule has 0 fully saturated rings. The number of alkyl halides is 5. The van der Waals surface area contributed by atoms with Gasteiger partial charge in [0.15, 0.2) is 0 Å². The zero-order valence-corrected chi connectivity index (χ0v) is 16.2. The van der Waals surface area contributed by atoms with Crippen molar-refractivity contribution in [3.63, 3.8) is 0 Å². The third-order valence-corrected chi connectivity index (χ3v) is 3.74. The lowest BCUT2D eigenvalue weighted by molar-refractivity contribution is -0.325. The maximum Gasteiger partial charge on any atom is 0.522 e. The van der Waals surface area contributed by atoms with Gasteiger partial charge in [-0.1, -0.05) is 5.92 Å². The summed E-state index contributed by atoms with van der Waals surface area (Å²) in [5, 5.41) is 11.6. The van der Waals surface area contributed by atoms with E-state index in [1.807, 2.05) is 0 Å². The van der Waals surface area contributed by atoms with Crippen molar-refractivity contribution < 1.29 is 41.3 Å². The van der Waals surface area contributed by atoms with Crippen LogP contribution in [0.4, 0.5) is 27.8 Å². The topological polar surface area (TPSA) is 120 Å². The van der Waals surface area contributed by atoms with E-state index in [0.717, 1.165) is 18.2 Å². The molecule has 0 bridgehead atoms. The third-order valence-electron chi connectivity index (χ3n) is 3.74. The van der Waals surface area contributed by atoms with Gasteiger partial charge in [0.05, 0.1) is 37.2 Å². The molecule has 0 spiro atoms. The van der Waals surface area contributed by atoms with Crippen LogP contribution in [0.2, 0.25) is 0 Å².